The summed E-state index contributed by atoms with van der Waals surface area (Å²) in [6.07, 6.45) is 1.26. The van der Waals surface area contributed by atoms with Gasteiger partial charge in [0.2, 0.25) is 0 Å². The van der Waals surface area contributed by atoms with Crippen molar-refractivity contribution in [3.8, 4) is 0 Å². The molecule has 1 atom stereocenters. The minimum Gasteiger partial charge on any atom is -0.377 e. The third-order valence-electron chi connectivity index (χ3n) is 1.86. The predicted molar refractivity (Wildman–Crippen MR) is 46.6 cm³/mol. The van der Waals surface area contributed by atoms with Gasteiger partial charge in [-0.15, -0.1) is 0 Å². The molecule has 1 heterocycles. The van der Waals surface area contributed by atoms with Crippen molar-refractivity contribution in [1.29, 1.82) is 0 Å². The van der Waals surface area contributed by atoms with Gasteiger partial charge in [-0.05, 0) is 25.8 Å². The van der Waals surface area contributed by atoms with E-state index in [1.807, 2.05) is 6.92 Å². The Labute approximate surface area is 68.6 Å². The average Bonchev–Trinajstić information content (AvgIpc) is 2.39. The molecule has 1 aliphatic heterocycles. The lowest BCUT2D eigenvalue weighted by molar-refractivity contribution is 0.124. The van der Waals surface area contributed by atoms with Crippen LogP contribution in [0.4, 0.5) is 0 Å². The maximum atomic E-state index is 5.44. The molecule has 2 heteroatoms. The van der Waals surface area contributed by atoms with Gasteiger partial charge in [0, 0.05) is 6.54 Å². The molecule has 11 heavy (non-hydrogen) atoms. The second-order valence-corrected chi connectivity index (χ2v) is 3.33. The molecule has 0 amide bonds. The first-order valence-electron chi connectivity index (χ1n) is 4.22. The van der Waals surface area contributed by atoms with Crippen LogP contribution in [0.5, 0.6) is 0 Å². The molecule has 0 aliphatic carbocycles. The average molecular weight is 155 g/mol. The van der Waals surface area contributed by atoms with E-state index in [0.29, 0.717) is 0 Å². The van der Waals surface area contributed by atoms with E-state index in [1.165, 1.54) is 6.42 Å². The molecule has 1 N–H and O–H groups in total. The third kappa shape index (κ3) is 3.54. The highest BCUT2D eigenvalue weighted by Gasteiger charge is 2.13. The van der Waals surface area contributed by atoms with Gasteiger partial charge in [-0.2, -0.15) is 0 Å². The quantitative estimate of drug-likeness (QED) is 0.616. The zero-order valence-electron chi connectivity index (χ0n) is 7.23. The Morgan fingerprint density at radius 2 is 2.55 bits per heavy atom. The Morgan fingerprint density at radius 1 is 1.73 bits per heavy atom. The van der Waals surface area contributed by atoms with Crippen LogP contribution in [-0.2, 0) is 4.74 Å². The lowest BCUT2D eigenvalue weighted by Crippen LogP contribution is -2.14. The van der Waals surface area contributed by atoms with Gasteiger partial charge in [0.15, 0.2) is 0 Å². The normalized spacial score (nSPS) is 23.9. The number of nitrogens with one attached hydrogen (secondary N) is 1. The van der Waals surface area contributed by atoms with Crippen molar-refractivity contribution >= 4 is 0 Å². The second-order valence-electron chi connectivity index (χ2n) is 3.33. The van der Waals surface area contributed by atoms with Gasteiger partial charge in [-0.1, -0.05) is 12.2 Å². The summed E-state index contributed by atoms with van der Waals surface area (Å²) in [5.74, 6) is 0.731. The van der Waals surface area contributed by atoms with Crippen LogP contribution < -0.4 is 5.32 Å². The highest BCUT2D eigenvalue weighted by molar-refractivity contribution is 4.87. The van der Waals surface area contributed by atoms with Crippen molar-refractivity contribution in [3.63, 3.8) is 0 Å². The zero-order chi connectivity index (χ0) is 8.10. The largest absolute Gasteiger partial charge is 0.377 e. The zero-order valence-corrected chi connectivity index (χ0v) is 7.23. The third-order valence-corrected chi connectivity index (χ3v) is 1.86. The van der Waals surface area contributed by atoms with Crippen LogP contribution in [0.3, 0.4) is 0 Å². The van der Waals surface area contributed by atoms with Crippen LogP contribution >= 0.6 is 0 Å². The minimum absolute atomic E-state index is 0.719. The molecule has 1 aliphatic rings. The molecule has 1 saturated heterocycles. The molecule has 0 bridgehead atoms. The van der Waals surface area contributed by atoms with Gasteiger partial charge in [0.1, 0.15) is 0 Å². The van der Waals surface area contributed by atoms with E-state index >= 15 is 0 Å². The SMILES string of the molecule is C=C(C)COCC1CCNC1. The van der Waals surface area contributed by atoms with Crippen molar-refractivity contribution < 1.29 is 4.74 Å². The van der Waals surface area contributed by atoms with E-state index in [0.717, 1.165) is 37.8 Å². The number of ether oxygens (including phenoxy) is 1. The summed E-state index contributed by atoms with van der Waals surface area (Å²) in [7, 11) is 0. The summed E-state index contributed by atoms with van der Waals surface area (Å²) < 4.78 is 5.44. The van der Waals surface area contributed by atoms with E-state index < -0.39 is 0 Å². The Morgan fingerprint density at radius 3 is 3.09 bits per heavy atom. The molecule has 0 radical (unpaired) electrons. The van der Waals surface area contributed by atoms with Gasteiger partial charge < -0.3 is 10.1 Å². The predicted octanol–water partition coefficient (Wildman–Crippen LogP) is 1.19. The summed E-state index contributed by atoms with van der Waals surface area (Å²) in [5, 5.41) is 3.31. The molecular weight excluding hydrogens is 138 g/mol. The molecule has 0 spiro atoms. The van der Waals surface area contributed by atoms with Crippen molar-refractivity contribution in [3.05, 3.63) is 12.2 Å². The molecule has 0 saturated carbocycles. The standard InChI is InChI=1S/C9H17NO/c1-8(2)6-11-7-9-3-4-10-5-9/h9-10H,1,3-7H2,2H3. The molecule has 64 valence electrons. The molecule has 1 unspecified atom stereocenters. The van der Waals surface area contributed by atoms with Gasteiger partial charge in [0.05, 0.1) is 13.2 Å². The van der Waals surface area contributed by atoms with Crippen molar-refractivity contribution in [1.82, 2.24) is 5.32 Å². The fraction of sp³-hybridized carbons (Fsp3) is 0.778. The number of hydrogen-bond acceptors (Lipinski definition) is 2. The monoisotopic (exact) mass is 155 g/mol. The van der Waals surface area contributed by atoms with E-state index in [4.69, 9.17) is 4.74 Å². The van der Waals surface area contributed by atoms with Crippen LogP contribution in [0.1, 0.15) is 13.3 Å². The lowest BCUT2D eigenvalue weighted by atomic mass is 10.1. The van der Waals surface area contributed by atoms with E-state index in [9.17, 15) is 0 Å². The van der Waals surface area contributed by atoms with Crippen LogP contribution in [0.15, 0.2) is 12.2 Å². The van der Waals surface area contributed by atoms with E-state index in [1.54, 1.807) is 0 Å². The lowest BCUT2D eigenvalue weighted by Gasteiger charge is -2.08. The molecule has 1 rings (SSSR count). The van der Waals surface area contributed by atoms with Gasteiger partial charge >= 0.3 is 0 Å². The summed E-state index contributed by atoms with van der Waals surface area (Å²) in [6.45, 7) is 9.65. The number of hydrogen-bond donors (Lipinski definition) is 1. The van der Waals surface area contributed by atoms with Crippen molar-refractivity contribution in [2.24, 2.45) is 5.92 Å². The summed E-state index contributed by atoms with van der Waals surface area (Å²) >= 11 is 0. The highest BCUT2D eigenvalue weighted by atomic mass is 16.5. The first-order valence-corrected chi connectivity index (χ1v) is 4.22. The molecule has 1 fully saturated rings. The first kappa shape index (κ1) is 8.75. The Bertz CT molecular complexity index is 128. The maximum Gasteiger partial charge on any atom is 0.0671 e. The highest BCUT2D eigenvalue weighted by Crippen LogP contribution is 2.07. The molecular formula is C9H17NO. The molecule has 0 aromatic heterocycles. The van der Waals surface area contributed by atoms with Crippen LogP contribution in [0.25, 0.3) is 0 Å². The Balaban J connectivity index is 1.98. The fourth-order valence-electron chi connectivity index (χ4n) is 1.26. The van der Waals surface area contributed by atoms with Gasteiger partial charge in [-0.3, -0.25) is 0 Å². The maximum absolute atomic E-state index is 5.44. The summed E-state index contributed by atoms with van der Waals surface area (Å²) in [6, 6.07) is 0. The van der Waals surface area contributed by atoms with Crippen LogP contribution in [-0.4, -0.2) is 26.3 Å². The van der Waals surface area contributed by atoms with Gasteiger partial charge in [0.25, 0.3) is 0 Å². The molecule has 0 aromatic rings. The Kier molecular flexibility index (Phi) is 3.60. The van der Waals surface area contributed by atoms with E-state index in [2.05, 4.69) is 11.9 Å². The van der Waals surface area contributed by atoms with Crippen molar-refractivity contribution in [2.45, 2.75) is 13.3 Å². The summed E-state index contributed by atoms with van der Waals surface area (Å²) in [4.78, 5) is 0. The smallest absolute Gasteiger partial charge is 0.0671 e. The Hall–Kier alpha value is -0.340. The van der Waals surface area contributed by atoms with Crippen LogP contribution in [0, 0.1) is 5.92 Å². The minimum atomic E-state index is 0.719. The first-order chi connectivity index (χ1) is 5.29. The second kappa shape index (κ2) is 4.52. The molecule has 2 nitrogen and oxygen atoms in total. The van der Waals surface area contributed by atoms with Crippen LogP contribution in [0.2, 0.25) is 0 Å². The molecule has 0 aromatic carbocycles. The van der Waals surface area contributed by atoms with Gasteiger partial charge in [-0.25, -0.2) is 0 Å². The van der Waals surface area contributed by atoms with Crippen molar-refractivity contribution in [2.75, 3.05) is 26.3 Å². The fourth-order valence-corrected chi connectivity index (χ4v) is 1.26. The summed E-state index contributed by atoms with van der Waals surface area (Å²) in [5.41, 5.74) is 1.11. The van der Waals surface area contributed by atoms with E-state index in [-0.39, 0.29) is 0 Å². The number of rotatable bonds is 4. The topological polar surface area (TPSA) is 21.3 Å².